The van der Waals surface area contributed by atoms with E-state index in [9.17, 15) is 14.4 Å². The van der Waals surface area contributed by atoms with Crippen molar-refractivity contribution in [1.29, 1.82) is 0 Å². The zero-order valence-electron chi connectivity index (χ0n) is 53.7. The first kappa shape index (κ1) is 74.0. The number of piperazine rings is 2. The van der Waals surface area contributed by atoms with Crippen LogP contribution in [0.2, 0.25) is 0 Å². The van der Waals surface area contributed by atoms with Crippen LogP contribution in [0, 0.1) is 41.5 Å². The van der Waals surface area contributed by atoms with Crippen LogP contribution in [0.3, 0.4) is 0 Å². The molecule has 0 aliphatic carbocycles. The molecule has 0 bridgehead atoms. The van der Waals surface area contributed by atoms with Gasteiger partial charge in [-0.2, -0.15) is 0 Å². The van der Waals surface area contributed by atoms with Gasteiger partial charge in [0.15, 0.2) is 19.8 Å². The molecule has 2 fully saturated rings. The van der Waals surface area contributed by atoms with Crippen molar-refractivity contribution in [1.82, 2.24) is 70.7 Å². The highest BCUT2D eigenvalue weighted by Crippen LogP contribution is 2.20. The number of hydrogen-bond donors (Lipinski definition) is 5. The monoisotopic (exact) mass is 1140 g/mol. The summed E-state index contributed by atoms with van der Waals surface area (Å²) >= 11 is 0. The quantitative estimate of drug-likeness (QED) is 0.0556. The third kappa shape index (κ3) is 38.4. The highest BCUT2D eigenvalue weighted by Gasteiger charge is 2.19. The maximum Gasteiger partial charge on any atom is 0.258 e. The molecule has 0 spiro atoms. The number of ether oxygens (including phenoxy) is 3. The van der Waals surface area contributed by atoms with E-state index in [1.54, 1.807) is 0 Å². The van der Waals surface area contributed by atoms with E-state index in [-0.39, 0.29) is 37.5 Å². The Morgan fingerprint density at radius 2 is 0.741 bits per heavy atom. The van der Waals surface area contributed by atoms with Gasteiger partial charge in [0.25, 0.3) is 17.7 Å². The molecule has 2 aliphatic heterocycles. The maximum atomic E-state index is 12.1. The minimum absolute atomic E-state index is 0.0000810. The van der Waals surface area contributed by atoms with Crippen molar-refractivity contribution in [2.45, 2.75) is 54.4 Å². The molecule has 3 amide bonds. The molecule has 2 saturated heterocycles. The van der Waals surface area contributed by atoms with E-state index in [1.165, 1.54) is 55.8 Å². The Labute approximate surface area is 491 Å². The lowest BCUT2D eigenvalue weighted by Crippen LogP contribution is -2.52. The lowest BCUT2D eigenvalue weighted by Gasteiger charge is -2.36. The molecular weight excluding hydrogens is 1020 g/mol. The van der Waals surface area contributed by atoms with Crippen molar-refractivity contribution in [2.75, 3.05) is 216 Å². The maximum absolute atomic E-state index is 12.1. The SMILES string of the molecule is CN(C)CN(C)C.CN(C)CN1CCN(CN(C)C)CC1.CNCCCN(C)C.CNCCCNC(=O)COc1ccc(C)cc1C.Cc1ccc(OCC(=O)NCN2CCN(CNC(=O)COc3ccc(C)cc3C)CC2)c(C)c1. The van der Waals surface area contributed by atoms with Gasteiger partial charge in [0.2, 0.25) is 0 Å². The Hall–Kier alpha value is -4.97. The molecule has 0 radical (unpaired) electrons. The minimum atomic E-state index is -0.140. The lowest BCUT2D eigenvalue weighted by molar-refractivity contribution is -0.125. The van der Waals surface area contributed by atoms with Gasteiger partial charge in [-0.1, -0.05) is 53.1 Å². The fourth-order valence-electron chi connectivity index (χ4n) is 8.48. The van der Waals surface area contributed by atoms with Gasteiger partial charge < -0.3 is 45.7 Å². The number of nitrogens with one attached hydrogen (secondary N) is 5. The third-order valence-corrected chi connectivity index (χ3v) is 12.5. The average molecular weight is 1140 g/mol. The predicted molar refractivity (Wildman–Crippen MR) is 335 cm³/mol. The molecule has 3 aromatic carbocycles. The largest absolute Gasteiger partial charge is 0.484 e. The molecule has 462 valence electrons. The summed E-state index contributed by atoms with van der Waals surface area (Å²) < 4.78 is 16.8. The van der Waals surface area contributed by atoms with Gasteiger partial charge in [-0.3, -0.25) is 53.6 Å². The van der Waals surface area contributed by atoms with Crippen LogP contribution in [0.25, 0.3) is 0 Å². The van der Waals surface area contributed by atoms with Crippen LogP contribution >= 0.6 is 0 Å². The molecule has 20 nitrogen and oxygen atoms in total. The van der Waals surface area contributed by atoms with Crippen LogP contribution in [-0.4, -0.2) is 278 Å². The summed E-state index contributed by atoms with van der Waals surface area (Å²) in [6.45, 7) is 28.2. The number of amides is 3. The third-order valence-electron chi connectivity index (χ3n) is 12.5. The summed E-state index contributed by atoms with van der Waals surface area (Å²) in [6.07, 6.45) is 2.16. The summed E-state index contributed by atoms with van der Waals surface area (Å²) in [5.74, 6) is 1.88. The summed E-state index contributed by atoms with van der Waals surface area (Å²) in [4.78, 5) is 56.1. The highest BCUT2D eigenvalue weighted by molar-refractivity contribution is 5.78. The van der Waals surface area contributed by atoms with Gasteiger partial charge in [-0.05, 0) is 193 Å². The molecule has 5 rings (SSSR count). The second-order valence-corrected chi connectivity index (χ2v) is 22.5. The van der Waals surface area contributed by atoms with E-state index in [2.05, 4.69) is 141 Å². The molecule has 20 heteroatoms. The van der Waals surface area contributed by atoms with Gasteiger partial charge >= 0.3 is 0 Å². The number of carbonyl (C=O) groups is 3. The molecule has 2 heterocycles. The molecule has 0 unspecified atom stereocenters. The smallest absolute Gasteiger partial charge is 0.258 e. The molecule has 81 heavy (non-hydrogen) atoms. The summed E-state index contributed by atoms with van der Waals surface area (Å²) in [5, 5.41) is 14.8. The summed E-state index contributed by atoms with van der Waals surface area (Å²) in [7, 11) is 24.8. The van der Waals surface area contributed by atoms with Gasteiger partial charge in [0, 0.05) is 65.6 Å². The van der Waals surface area contributed by atoms with Crippen LogP contribution < -0.4 is 40.8 Å². The summed E-state index contributed by atoms with van der Waals surface area (Å²) in [5.41, 5.74) is 6.62. The Kier molecular flexibility index (Phi) is 39.9. The molecule has 2 aliphatic rings. The first-order valence-electron chi connectivity index (χ1n) is 28.7. The number of aryl methyl sites for hydroxylation is 6. The fraction of sp³-hybridized carbons (Fsp3) is 0.656. The topological polar surface area (TPSA) is 168 Å². The van der Waals surface area contributed by atoms with Crippen molar-refractivity contribution in [3.63, 3.8) is 0 Å². The van der Waals surface area contributed by atoms with Crippen LogP contribution in [-0.2, 0) is 14.4 Å². The second kappa shape index (κ2) is 43.7. The molecule has 0 saturated carbocycles. The van der Waals surface area contributed by atoms with Gasteiger partial charge in [0.05, 0.1) is 26.7 Å². The average Bonchev–Trinajstić information content (AvgIpc) is 3.40. The van der Waals surface area contributed by atoms with Gasteiger partial charge in [-0.25, -0.2) is 0 Å². The van der Waals surface area contributed by atoms with Crippen LogP contribution in [0.5, 0.6) is 17.2 Å². The Balaban J connectivity index is 0.000000582. The van der Waals surface area contributed by atoms with Crippen LogP contribution in [0.15, 0.2) is 54.6 Å². The van der Waals surface area contributed by atoms with Crippen LogP contribution in [0.4, 0.5) is 0 Å². The van der Waals surface area contributed by atoms with E-state index in [0.29, 0.717) is 19.9 Å². The van der Waals surface area contributed by atoms with Crippen molar-refractivity contribution < 1.29 is 28.6 Å². The summed E-state index contributed by atoms with van der Waals surface area (Å²) in [6, 6.07) is 17.7. The molecule has 0 aromatic heterocycles. The highest BCUT2D eigenvalue weighted by atomic mass is 16.5. The fourth-order valence-corrected chi connectivity index (χ4v) is 8.48. The Morgan fingerprint density at radius 3 is 1.02 bits per heavy atom. The van der Waals surface area contributed by atoms with Crippen LogP contribution in [0.1, 0.15) is 46.2 Å². The van der Waals surface area contributed by atoms with Crippen molar-refractivity contribution in [3.8, 4) is 17.2 Å². The predicted octanol–water partition coefficient (Wildman–Crippen LogP) is 3.42. The number of hydrogen-bond acceptors (Lipinski definition) is 17. The number of rotatable bonds is 27. The van der Waals surface area contributed by atoms with E-state index in [0.717, 1.165) is 99.6 Å². The molecule has 5 N–H and O–H groups in total. The molecule has 3 aromatic rings. The standard InChI is InChI=1S/C26H36N4O4.C14H22N2O2.C10H24N4.C6H16N2.C5H14N2/c1-19-5-7-23(21(3)13-19)33-15-25(31)27-17-29-9-11-30(12-10-29)18-28-26(32)16-34-24-8-6-20(2)14-22(24)4;1-11-5-6-13(12(2)9-11)18-10-14(17)16-8-4-7-15-3;1-11(2)9-13-5-7-14(8-6-13)10-12(3)4;1-7-5-4-6-8(2)3;1-6(2)5-7(3)4/h5-8,13-14H,9-12,15-18H2,1-4H3,(H,27,31)(H,28,32);5-6,9,15H,4,7-8,10H2,1-3H3,(H,16,17);5-10H2,1-4H3;7H,4-6H2,1-3H3;5H2,1-4H3. The first-order chi connectivity index (χ1) is 38.4. The van der Waals surface area contributed by atoms with Gasteiger partial charge in [0.1, 0.15) is 17.2 Å². The van der Waals surface area contributed by atoms with E-state index in [1.807, 2.05) is 110 Å². The molecule has 0 atom stereocenters. The number of benzene rings is 3. The number of carbonyl (C=O) groups excluding carboxylic acids is 3. The Morgan fingerprint density at radius 1 is 0.420 bits per heavy atom. The molecular formula is C61H112N14O6. The van der Waals surface area contributed by atoms with Crippen molar-refractivity contribution >= 4 is 17.7 Å². The van der Waals surface area contributed by atoms with Crippen molar-refractivity contribution in [2.24, 2.45) is 0 Å². The van der Waals surface area contributed by atoms with Gasteiger partial charge in [-0.15, -0.1) is 0 Å². The first-order valence-corrected chi connectivity index (χ1v) is 28.7. The zero-order chi connectivity index (χ0) is 60.7. The van der Waals surface area contributed by atoms with E-state index >= 15 is 0 Å². The minimum Gasteiger partial charge on any atom is -0.484 e. The van der Waals surface area contributed by atoms with E-state index < -0.39 is 0 Å². The van der Waals surface area contributed by atoms with Crippen molar-refractivity contribution in [3.05, 3.63) is 88.0 Å². The lowest BCUT2D eigenvalue weighted by atomic mass is 10.1. The number of nitrogens with zero attached hydrogens (tertiary/aromatic N) is 9. The zero-order valence-corrected chi connectivity index (χ0v) is 53.7. The Bertz CT molecular complexity index is 2040. The second-order valence-electron chi connectivity index (χ2n) is 22.5. The van der Waals surface area contributed by atoms with E-state index in [4.69, 9.17) is 14.2 Å². The normalized spacial score (nSPS) is 14.0.